The molecule has 1 fully saturated rings. The molecule has 2 rings (SSSR count). The van der Waals surface area contributed by atoms with Gasteiger partial charge in [0.25, 0.3) is 5.91 Å². The fraction of sp³-hybridized carbons (Fsp3) is 0.400. The average molecular weight is 255 g/mol. The fourth-order valence-corrected chi connectivity index (χ4v) is 2.57. The lowest BCUT2D eigenvalue weighted by Gasteiger charge is -2.02. The summed E-state index contributed by atoms with van der Waals surface area (Å²) < 4.78 is 4.60. The zero-order chi connectivity index (χ0) is 12.6. The van der Waals surface area contributed by atoms with Crippen LogP contribution in [0.5, 0.6) is 0 Å². The van der Waals surface area contributed by atoms with Crippen molar-refractivity contribution in [2.45, 2.75) is 18.9 Å². The molecule has 1 heterocycles. The number of nitrogen functional groups attached to an aromatic ring is 1. The first-order valence-electron chi connectivity index (χ1n) is 5.11. The second kappa shape index (κ2) is 4.25. The lowest BCUT2D eigenvalue weighted by Crippen LogP contribution is -2.15. The smallest absolute Gasteiger partial charge is 0.350 e. The van der Waals surface area contributed by atoms with E-state index in [0.717, 1.165) is 24.2 Å². The van der Waals surface area contributed by atoms with Crippen LogP contribution in [0.15, 0.2) is 0 Å². The Kier molecular flexibility index (Phi) is 2.93. The SMILES string of the molecule is COC(=O)c1sc(NC2CC2)c(C(N)=O)c1N. The van der Waals surface area contributed by atoms with Crippen LogP contribution in [-0.2, 0) is 4.74 Å². The van der Waals surface area contributed by atoms with Crippen LogP contribution in [0.2, 0.25) is 0 Å². The van der Waals surface area contributed by atoms with Crippen molar-refractivity contribution in [1.29, 1.82) is 0 Å². The Morgan fingerprint density at radius 2 is 2.12 bits per heavy atom. The number of esters is 1. The number of nitrogens with two attached hydrogens (primary N) is 2. The third-order valence-corrected chi connectivity index (χ3v) is 3.59. The molecule has 1 aliphatic rings. The van der Waals surface area contributed by atoms with Gasteiger partial charge in [0.2, 0.25) is 0 Å². The number of carbonyl (C=O) groups excluding carboxylic acids is 2. The van der Waals surface area contributed by atoms with Gasteiger partial charge in [-0.3, -0.25) is 4.79 Å². The third-order valence-electron chi connectivity index (χ3n) is 2.47. The van der Waals surface area contributed by atoms with E-state index >= 15 is 0 Å². The second-order valence-corrected chi connectivity index (χ2v) is 4.84. The predicted molar refractivity (Wildman–Crippen MR) is 65.2 cm³/mol. The maximum atomic E-state index is 11.5. The van der Waals surface area contributed by atoms with E-state index < -0.39 is 11.9 Å². The molecule has 1 aliphatic carbocycles. The highest BCUT2D eigenvalue weighted by molar-refractivity contribution is 7.19. The Labute approximate surface area is 102 Å². The molecule has 0 bridgehead atoms. The van der Waals surface area contributed by atoms with Crippen molar-refractivity contribution < 1.29 is 14.3 Å². The van der Waals surface area contributed by atoms with E-state index in [9.17, 15) is 9.59 Å². The van der Waals surface area contributed by atoms with Crippen LogP contribution in [-0.4, -0.2) is 25.0 Å². The maximum absolute atomic E-state index is 11.5. The largest absolute Gasteiger partial charge is 0.465 e. The first-order valence-corrected chi connectivity index (χ1v) is 5.93. The number of anilines is 2. The molecule has 6 nitrogen and oxygen atoms in total. The topological polar surface area (TPSA) is 107 Å². The van der Waals surface area contributed by atoms with Gasteiger partial charge >= 0.3 is 5.97 Å². The number of amides is 1. The minimum Gasteiger partial charge on any atom is -0.465 e. The molecule has 92 valence electrons. The molecular formula is C10H13N3O3S. The van der Waals surface area contributed by atoms with Gasteiger partial charge in [-0.15, -0.1) is 11.3 Å². The van der Waals surface area contributed by atoms with Crippen LogP contribution >= 0.6 is 11.3 Å². The Morgan fingerprint density at radius 1 is 1.47 bits per heavy atom. The van der Waals surface area contributed by atoms with Crippen molar-refractivity contribution in [1.82, 2.24) is 0 Å². The number of hydrogen-bond donors (Lipinski definition) is 3. The first kappa shape index (κ1) is 11.7. The van der Waals surface area contributed by atoms with Crippen molar-refractivity contribution in [2.75, 3.05) is 18.2 Å². The summed E-state index contributed by atoms with van der Waals surface area (Å²) in [5.74, 6) is -1.20. The summed E-state index contributed by atoms with van der Waals surface area (Å²) in [6.07, 6.45) is 2.09. The highest BCUT2D eigenvalue weighted by Crippen LogP contribution is 2.38. The highest BCUT2D eigenvalue weighted by Gasteiger charge is 2.29. The molecule has 0 aromatic carbocycles. The van der Waals surface area contributed by atoms with E-state index in [1.54, 1.807) is 0 Å². The second-order valence-electron chi connectivity index (χ2n) is 3.82. The maximum Gasteiger partial charge on any atom is 0.350 e. The van der Waals surface area contributed by atoms with Crippen molar-refractivity contribution in [3.8, 4) is 0 Å². The van der Waals surface area contributed by atoms with E-state index in [0.29, 0.717) is 11.0 Å². The van der Waals surface area contributed by atoms with Crippen LogP contribution in [0.3, 0.4) is 0 Å². The molecule has 0 saturated heterocycles. The van der Waals surface area contributed by atoms with Crippen LogP contribution < -0.4 is 16.8 Å². The number of hydrogen-bond acceptors (Lipinski definition) is 6. The number of rotatable bonds is 4. The van der Waals surface area contributed by atoms with E-state index in [1.165, 1.54) is 7.11 Å². The molecule has 1 amide bonds. The van der Waals surface area contributed by atoms with E-state index in [4.69, 9.17) is 11.5 Å². The normalized spacial score (nSPS) is 14.4. The molecule has 0 atom stereocenters. The van der Waals surface area contributed by atoms with Crippen molar-refractivity contribution in [3.63, 3.8) is 0 Å². The van der Waals surface area contributed by atoms with Gasteiger partial charge in [-0.2, -0.15) is 0 Å². The molecule has 1 saturated carbocycles. The Bertz CT molecular complexity index is 479. The summed E-state index contributed by atoms with van der Waals surface area (Å²) in [5.41, 5.74) is 11.3. The van der Waals surface area contributed by atoms with Crippen molar-refractivity contribution in [3.05, 3.63) is 10.4 Å². The number of nitrogens with one attached hydrogen (secondary N) is 1. The highest BCUT2D eigenvalue weighted by atomic mass is 32.1. The number of methoxy groups -OCH3 is 1. The number of carbonyl (C=O) groups is 2. The van der Waals surface area contributed by atoms with Crippen LogP contribution in [0.25, 0.3) is 0 Å². The zero-order valence-electron chi connectivity index (χ0n) is 9.28. The lowest BCUT2D eigenvalue weighted by molar-refractivity contribution is 0.0607. The van der Waals surface area contributed by atoms with Crippen molar-refractivity contribution in [2.24, 2.45) is 5.73 Å². The van der Waals surface area contributed by atoms with Gasteiger partial charge in [0.05, 0.1) is 18.4 Å². The molecule has 0 radical (unpaired) electrons. The molecule has 0 spiro atoms. The zero-order valence-corrected chi connectivity index (χ0v) is 10.1. The molecular weight excluding hydrogens is 242 g/mol. The van der Waals surface area contributed by atoms with E-state index in [-0.39, 0.29) is 16.1 Å². The monoisotopic (exact) mass is 255 g/mol. The fourth-order valence-electron chi connectivity index (χ4n) is 1.45. The molecule has 1 aromatic heterocycles. The van der Waals surface area contributed by atoms with Gasteiger partial charge in [-0.1, -0.05) is 0 Å². The molecule has 1 aromatic rings. The van der Waals surface area contributed by atoms with Crippen molar-refractivity contribution >= 4 is 33.9 Å². The summed E-state index contributed by atoms with van der Waals surface area (Å²) in [6.45, 7) is 0. The number of thiophene rings is 1. The summed E-state index contributed by atoms with van der Waals surface area (Å²) in [4.78, 5) is 23.0. The third kappa shape index (κ3) is 2.19. The first-order chi connectivity index (χ1) is 8.04. The van der Waals surface area contributed by atoms with Gasteiger partial charge in [0, 0.05) is 6.04 Å². The van der Waals surface area contributed by atoms with Gasteiger partial charge < -0.3 is 21.5 Å². The molecule has 0 aliphatic heterocycles. The van der Waals surface area contributed by atoms with E-state index in [2.05, 4.69) is 10.1 Å². The minimum absolute atomic E-state index is 0.0949. The van der Waals surface area contributed by atoms with Crippen LogP contribution in [0.4, 0.5) is 10.7 Å². The van der Waals surface area contributed by atoms with Gasteiger partial charge in [0.1, 0.15) is 9.88 Å². The number of ether oxygens (including phenoxy) is 1. The summed E-state index contributed by atoms with van der Waals surface area (Å²) >= 11 is 1.10. The van der Waals surface area contributed by atoms with Gasteiger partial charge in [-0.05, 0) is 12.8 Å². The minimum atomic E-state index is -0.642. The molecule has 0 unspecified atom stereocenters. The average Bonchev–Trinajstić information content (AvgIpc) is 3.01. The van der Waals surface area contributed by atoms with Gasteiger partial charge in [0.15, 0.2) is 0 Å². The molecule has 7 heteroatoms. The quantitative estimate of drug-likeness (QED) is 0.689. The summed E-state index contributed by atoms with van der Waals surface area (Å²) in [5, 5.41) is 3.69. The number of primary amides is 1. The standard InChI is InChI=1S/C10H13N3O3S/c1-16-10(15)7-6(11)5(8(12)14)9(17-7)13-4-2-3-4/h4,13H,2-3,11H2,1H3,(H2,12,14). The summed E-state index contributed by atoms with van der Waals surface area (Å²) in [7, 11) is 1.26. The van der Waals surface area contributed by atoms with Crippen LogP contribution in [0.1, 0.15) is 32.9 Å². The van der Waals surface area contributed by atoms with E-state index in [1.807, 2.05) is 0 Å². The Balaban J connectivity index is 2.41. The Morgan fingerprint density at radius 3 is 2.59 bits per heavy atom. The lowest BCUT2D eigenvalue weighted by atomic mass is 10.2. The molecule has 17 heavy (non-hydrogen) atoms. The summed E-state index contributed by atoms with van der Waals surface area (Å²) in [6, 6.07) is 0.344. The molecule has 5 N–H and O–H groups in total. The van der Waals surface area contributed by atoms with Gasteiger partial charge in [-0.25, -0.2) is 4.79 Å². The van der Waals surface area contributed by atoms with Crippen LogP contribution in [0, 0.1) is 0 Å². The predicted octanol–water partition coefficient (Wildman–Crippen LogP) is 0.790. The Hall–Kier alpha value is -1.76.